The highest BCUT2D eigenvalue weighted by atomic mass is 16.3. The molecule has 0 radical (unpaired) electrons. The highest BCUT2D eigenvalue weighted by molar-refractivity contribution is 6.24. The Labute approximate surface area is 215 Å². The molecule has 10 nitrogen and oxygen atoms in total. The Morgan fingerprint density at radius 1 is 1.19 bits per heavy atom. The van der Waals surface area contributed by atoms with Crippen molar-refractivity contribution in [2.75, 3.05) is 20.6 Å². The second kappa shape index (κ2) is 8.97. The number of nitrogens with zero attached hydrogens (tertiary/aromatic N) is 1. The Kier molecular flexibility index (Phi) is 6.51. The number of aromatic hydroxyl groups is 1. The zero-order valence-corrected chi connectivity index (χ0v) is 21.8. The fourth-order valence-electron chi connectivity index (χ4n) is 5.98. The number of benzene rings is 1. The first-order valence-corrected chi connectivity index (χ1v) is 12.3. The molecule has 1 amide bonds. The monoisotopic (exact) mass is 513 g/mol. The molecule has 3 aliphatic carbocycles. The van der Waals surface area contributed by atoms with Gasteiger partial charge in [-0.15, -0.1) is 0 Å². The van der Waals surface area contributed by atoms with Crippen LogP contribution in [0, 0.1) is 17.3 Å². The molecule has 1 aromatic carbocycles. The number of ketones is 2. The van der Waals surface area contributed by atoms with Crippen LogP contribution >= 0.6 is 0 Å². The summed E-state index contributed by atoms with van der Waals surface area (Å²) in [7, 11) is 3.14. The summed E-state index contributed by atoms with van der Waals surface area (Å²) in [6, 6.07) is 2.46. The van der Waals surface area contributed by atoms with Gasteiger partial charge in [-0.25, -0.2) is 0 Å². The Morgan fingerprint density at radius 2 is 1.84 bits per heavy atom. The van der Waals surface area contributed by atoms with E-state index in [-0.39, 0.29) is 35.1 Å². The highest BCUT2D eigenvalue weighted by Gasteiger charge is 2.64. The molecule has 3 aliphatic rings. The Bertz CT molecular complexity index is 1260. The van der Waals surface area contributed by atoms with E-state index in [0.717, 1.165) is 0 Å². The summed E-state index contributed by atoms with van der Waals surface area (Å²) in [5.74, 6) is -6.44. The number of aliphatic hydroxyl groups excluding tert-OH is 2. The molecule has 10 heteroatoms. The third-order valence-electron chi connectivity index (χ3n) is 7.65. The molecule has 1 saturated carbocycles. The van der Waals surface area contributed by atoms with E-state index in [1.165, 1.54) is 4.90 Å². The molecule has 0 bridgehead atoms. The number of carbonyl (C=O) groups is 3. The van der Waals surface area contributed by atoms with Gasteiger partial charge in [-0.05, 0) is 43.8 Å². The third-order valence-corrected chi connectivity index (χ3v) is 7.65. The zero-order valence-electron chi connectivity index (χ0n) is 21.8. The number of hydrogen-bond donors (Lipinski definition) is 6. The minimum absolute atomic E-state index is 0.0206. The first-order chi connectivity index (χ1) is 17.1. The minimum Gasteiger partial charge on any atom is -0.508 e. The topological polar surface area (TPSA) is 173 Å². The van der Waals surface area contributed by atoms with Crippen molar-refractivity contribution in [3.8, 4) is 5.75 Å². The SMILES string of the molecule is CN(C)[C@@H]1C(=O)C(C(N)=O)=C(O)[C@@]2(O)C(=O)C3=C(O)c4c(ccc(CNCC(C)(C)C)c4O)C[C@H]3C[C@@H]12. The molecule has 0 aliphatic heterocycles. The van der Waals surface area contributed by atoms with Gasteiger partial charge in [-0.3, -0.25) is 19.3 Å². The second-order valence-electron chi connectivity index (χ2n) is 11.7. The van der Waals surface area contributed by atoms with Crippen LogP contribution in [0.4, 0.5) is 0 Å². The standard InChI is InChI=1S/C27H35N3O7/c1-26(2,3)11-29-10-13-7-6-12-8-14-9-15-19(30(4)5)22(33)18(25(28)36)24(35)27(15,37)23(34)17(14)21(32)16(12)20(13)31/h6-7,14-15,19,29,31-32,35,37H,8-11H2,1-5H3,(H2,28,36)/t14-,15-,19-,27-/m0/s1. The van der Waals surface area contributed by atoms with Crippen LogP contribution in [0.5, 0.6) is 5.75 Å². The van der Waals surface area contributed by atoms with E-state index in [2.05, 4.69) is 26.1 Å². The summed E-state index contributed by atoms with van der Waals surface area (Å²) in [6.45, 7) is 7.24. The van der Waals surface area contributed by atoms with Crippen LogP contribution in [-0.2, 0) is 27.3 Å². The van der Waals surface area contributed by atoms with E-state index in [4.69, 9.17) is 5.73 Å². The van der Waals surface area contributed by atoms with Crippen molar-refractivity contribution in [2.24, 2.45) is 23.0 Å². The maximum atomic E-state index is 13.8. The summed E-state index contributed by atoms with van der Waals surface area (Å²) in [4.78, 5) is 40.5. The number of likely N-dealkylation sites (N-methyl/N-ethyl adjacent to an activating group) is 1. The third kappa shape index (κ3) is 4.13. The number of nitrogens with two attached hydrogens (primary N) is 1. The number of amides is 1. The number of Topliss-reactive ketones (excluding diaryl/α,β-unsaturated/α-hetero) is 2. The van der Waals surface area contributed by atoms with Gasteiger partial charge in [0.25, 0.3) is 5.91 Å². The second-order valence-corrected chi connectivity index (χ2v) is 11.7. The van der Waals surface area contributed by atoms with Crippen molar-refractivity contribution in [3.63, 3.8) is 0 Å². The van der Waals surface area contributed by atoms with Crippen LogP contribution in [0.2, 0.25) is 0 Å². The van der Waals surface area contributed by atoms with Gasteiger partial charge in [-0.1, -0.05) is 32.9 Å². The van der Waals surface area contributed by atoms with Crippen molar-refractivity contribution in [3.05, 3.63) is 45.7 Å². The number of phenols is 1. The highest BCUT2D eigenvalue weighted by Crippen LogP contribution is 2.52. The molecule has 7 N–H and O–H groups in total. The number of hydrogen-bond acceptors (Lipinski definition) is 9. The summed E-state index contributed by atoms with van der Waals surface area (Å²) >= 11 is 0. The van der Waals surface area contributed by atoms with Crippen molar-refractivity contribution in [1.82, 2.24) is 10.2 Å². The smallest absolute Gasteiger partial charge is 0.255 e. The number of aliphatic hydroxyl groups is 3. The largest absolute Gasteiger partial charge is 0.508 e. The zero-order chi connectivity index (χ0) is 27.6. The van der Waals surface area contributed by atoms with Gasteiger partial charge >= 0.3 is 0 Å². The molecular formula is C27H35N3O7. The Hall–Kier alpha value is -3.21. The van der Waals surface area contributed by atoms with E-state index in [1.54, 1.807) is 26.2 Å². The number of fused-ring (bicyclic) bond motifs is 3. The minimum atomic E-state index is -2.63. The maximum Gasteiger partial charge on any atom is 0.255 e. The molecule has 200 valence electrons. The molecule has 0 saturated heterocycles. The van der Waals surface area contributed by atoms with Crippen LogP contribution in [0.3, 0.4) is 0 Å². The van der Waals surface area contributed by atoms with E-state index >= 15 is 0 Å². The van der Waals surface area contributed by atoms with Gasteiger partial charge in [0, 0.05) is 30.1 Å². The molecule has 0 aromatic heterocycles. The van der Waals surface area contributed by atoms with Gasteiger partial charge in [-0.2, -0.15) is 0 Å². The number of phenolic OH excluding ortho intramolecular Hbond substituents is 1. The number of rotatable bonds is 5. The van der Waals surface area contributed by atoms with E-state index < -0.39 is 58.0 Å². The first-order valence-electron chi connectivity index (χ1n) is 12.3. The summed E-state index contributed by atoms with van der Waals surface area (Å²) in [6.07, 6.45) is 0.346. The average molecular weight is 514 g/mol. The van der Waals surface area contributed by atoms with Gasteiger partial charge < -0.3 is 31.5 Å². The van der Waals surface area contributed by atoms with E-state index in [0.29, 0.717) is 24.2 Å². The lowest BCUT2D eigenvalue weighted by molar-refractivity contribution is -0.153. The fourth-order valence-corrected chi connectivity index (χ4v) is 5.98. The molecule has 0 spiro atoms. The van der Waals surface area contributed by atoms with Gasteiger partial charge in [0.05, 0.1) is 11.6 Å². The molecule has 4 rings (SSSR count). The Morgan fingerprint density at radius 3 is 2.41 bits per heavy atom. The fraction of sp³-hybridized carbons (Fsp3) is 0.519. The van der Waals surface area contributed by atoms with Crippen molar-refractivity contribution < 1.29 is 34.8 Å². The van der Waals surface area contributed by atoms with Gasteiger partial charge in [0.2, 0.25) is 5.78 Å². The summed E-state index contributed by atoms with van der Waals surface area (Å²) in [5.41, 5.74) is 3.02. The van der Waals surface area contributed by atoms with Crippen LogP contribution in [0.25, 0.3) is 5.76 Å². The molecule has 37 heavy (non-hydrogen) atoms. The van der Waals surface area contributed by atoms with Crippen molar-refractivity contribution in [1.29, 1.82) is 0 Å². The molecule has 0 heterocycles. The van der Waals surface area contributed by atoms with Crippen molar-refractivity contribution in [2.45, 2.75) is 51.8 Å². The number of primary amides is 1. The summed E-state index contributed by atoms with van der Waals surface area (Å²) in [5, 5.41) is 48.1. The molecular weight excluding hydrogens is 478 g/mol. The van der Waals surface area contributed by atoms with Crippen LogP contribution in [0.15, 0.2) is 29.0 Å². The van der Waals surface area contributed by atoms with Crippen LogP contribution in [-0.4, -0.2) is 75.1 Å². The molecule has 0 unspecified atom stereocenters. The lowest BCUT2D eigenvalue weighted by Crippen LogP contribution is -2.65. The van der Waals surface area contributed by atoms with E-state index in [9.17, 15) is 34.8 Å². The predicted octanol–water partition coefficient (Wildman–Crippen LogP) is 1.10. The predicted molar refractivity (Wildman–Crippen MR) is 135 cm³/mol. The van der Waals surface area contributed by atoms with E-state index in [1.807, 2.05) is 0 Å². The van der Waals surface area contributed by atoms with Gasteiger partial charge in [0.1, 0.15) is 22.8 Å². The van der Waals surface area contributed by atoms with Crippen LogP contribution < -0.4 is 11.1 Å². The van der Waals surface area contributed by atoms with Crippen LogP contribution in [0.1, 0.15) is 43.9 Å². The normalized spacial score (nSPS) is 27.8. The lowest BCUT2D eigenvalue weighted by atomic mass is 9.57. The Balaban J connectivity index is 1.83. The van der Waals surface area contributed by atoms with Gasteiger partial charge in [0.15, 0.2) is 11.4 Å². The first kappa shape index (κ1) is 26.8. The molecule has 1 fully saturated rings. The maximum absolute atomic E-state index is 13.8. The van der Waals surface area contributed by atoms with Crippen molar-refractivity contribution >= 4 is 23.2 Å². The quantitative estimate of drug-likeness (QED) is 0.315. The molecule has 1 aromatic rings. The lowest BCUT2D eigenvalue weighted by Gasteiger charge is -2.50. The summed E-state index contributed by atoms with van der Waals surface area (Å²) < 4.78 is 0. The number of carbonyl (C=O) groups excluding carboxylic acids is 3. The number of nitrogens with one attached hydrogen (secondary N) is 1. The average Bonchev–Trinajstić information content (AvgIpc) is 2.76. The molecule has 4 atom stereocenters.